The number of carbonyl (C=O) groups is 6. The number of para-hydroxylation sites is 1. The fourth-order valence-electron chi connectivity index (χ4n) is 9.89. The summed E-state index contributed by atoms with van der Waals surface area (Å²) in [6.07, 6.45) is 14.1. The number of aromatic nitrogens is 1. The van der Waals surface area contributed by atoms with Gasteiger partial charge in [0.1, 0.15) is 40.2 Å². The van der Waals surface area contributed by atoms with Crippen LogP contribution in [0.5, 0.6) is 40.2 Å². The third-order valence-corrected chi connectivity index (χ3v) is 15.8. The van der Waals surface area contributed by atoms with Gasteiger partial charge in [0.15, 0.2) is 0 Å². The minimum atomic E-state index is -0.499. The molecule has 452 valence electrons. The zero-order valence-corrected chi connectivity index (χ0v) is 49.3. The van der Waals surface area contributed by atoms with Crippen molar-refractivity contribution in [2.45, 2.75) is 103 Å². The van der Waals surface area contributed by atoms with Crippen molar-refractivity contribution in [3.8, 4) is 40.2 Å². The highest BCUT2D eigenvalue weighted by Crippen LogP contribution is 2.37. The lowest BCUT2D eigenvalue weighted by Gasteiger charge is -2.26. The molecule has 2 saturated carbocycles. The number of hydrazone groups is 1. The van der Waals surface area contributed by atoms with E-state index in [1.54, 1.807) is 78.8 Å². The second-order valence-corrected chi connectivity index (χ2v) is 21.9. The molecule has 0 amide bonds. The minimum Gasteiger partial charge on any atom is -0.497 e. The van der Waals surface area contributed by atoms with Crippen molar-refractivity contribution in [2.24, 2.45) is 28.8 Å². The van der Waals surface area contributed by atoms with E-state index in [4.69, 9.17) is 52.7 Å². The lowest BCUT2D eigenvalue weighted by Crippen LogP contribution is -2.30. The number of methoxy groups -OCH3 is 1. The molecule has 0 N–H and O–H groups in total. The Hall–Kier alpha value is -8.84. The maximum atomic E-state index is 14.0. The Morgan fingerprint density at radius 3 is 1.40 bits per heavy atom. The molecule has 86 heavy (non-hydrogen) atoms. The quantitative estimate of drug-likeness (QED) is 0.00988. The molecule has 0 spiro atoms. The molecule has 0 radical (unpaired) electrons. The summed E-state index contributed by atoms with van der Waals surface area (Å²) in [5.41, 5.74) is 1.82. The van der Waals surface area contributed by atoms with E-state index in [-0.39, 0.29) is 23.4 Å². The summed E-state index contributed by atoms with van der Waals surface area (Å²) in [6, 6.07) is 33.7. The second-order valence-electron chi connectivity index (χ2n) is 20.9. The van der Waals surface area contributed by atoms with Crippen molar-refractivity contribution in [3.63, 3.8) is 0 Å². The zero-order valence-electron chi connectivity index (χ0n) is 48.4. The van der Waals surface area contributed by atoms with Gasteiger partial charge in [0.05, 0.1) is 79.3 Å². The number of carbonyl (C=O) groups excluding carboxylic acids is 6. The maximum absolute atomic E-state index is 14.0. The summed E-state index contributed by atoms with van der Waals surface area (Å²) in [6.45, 7) is 8.56. The van der Waals surface area contributed by atoms with Crippen molar-refractivity contribution in [1.82, 2.24) is 4.98 Å². The van der Waals surface area contributed by atoms with Gasteiger partial charge in [-0.05, 0) is 206 Å². The first-order chi connectivity index (χ1) is 41.9. The number of fused-ring (bicyclic) bond motifs is 1. The Labute approximate surface area is 505 Å². The molecule has 0 bridgehead atoms. The van der Waals surface area contributed by atoms with Gasteiger partial charge in [0, 0.05) is 17.7 Å². The Kier molecular flexibility index (Phi) is 24.3. The molecular weight excluding hydrogens is 1120 g/mol. The molecule has 0 atom stereocenters. The molecule has 19 heteroatoms. The Balaban J connectivity index is 0.856. The zero-order chi connectivity index (χ0) is 60.5. The normalized spacial score (nSPS) is 16.5. The molecule has 2 aliphatic rings. The van der Waals surface area contributed by atoms with E-state index in [1.807, 2.05) is 48.5 Å². The maximum Gasteiger partial charge on any atom is 0.330 e. The predicted octanol–water partition coefficient (Wildman–Crippen LogP) is 13.4. The van der Waals surface area contributed by atoms with Crippen LogP contribution in [0, 0.1) is 23.7 Å². The van der Waals surface area contributed by atoms with Crippen LogP contribution in [0.15, 0.2) is 146 Å². The molecule has 2 fully saturated rings. The number of nitrogens with zero attached hydrogens (tertiary/aromatic N) is 3. The minimum absolute atomic E-state index is 0.186. The first-order valence-corrected chi connectivity index (χ1v) is 30.2. The number of ether oxygens (including phenoxy) is 9. The van der Waals surface area contributed by atoms with Crippen LogP contribution >= 0.6 is 11.3 Å². The van der Waals surface area contributed by atoms with Crippen molar-refractivity contribution >= 4 is 74.4 Å². The van der Waals surface area contributed by atoms with Crippen molar-refractivity contribution in [2.75, 3.05) is 38.5 Å². The lowest BCUT2D eigenvalue weighted by atomic mass is 9.82. The third kappa shape index (κ3) is 19.3. The Morgan fingerprint density at radius 1 is 0.512 bits per heavy atom. The molecule has 1 aromatic heterocycles. The number of benzene rings is 5. The summed E-state index contributed by atoms with van der Waals surface area (Å²) < 4.78 is 51.7. The van der Waals surface area contributed by atoms with E-state index >= 15 is 0 Å². The van der Waals surface area contributed by atoms with Gasteiger partial charge in [-0.15, -0.1) is 0 Å². The average Bonchev–Trinajstić information content (AvgIpc) is 4.11. The van der Waals surface area contributed by atoms with Gasteiger partial charge in [-0.1, -0.05) is 36.6 Å². The van der Waals surface area contributed by atoms with Gasteiger partial charge >= 0.3 is 35.8 Å². The molecule has 0 unspecified atom stereocenters. The van der Waals surface area contributed by atoms with Gasteiger partial charge in [-0.3, -0.25) is 19.2 Å². The van der Waals surface area contributed by atoms with Crippen LogP contribution in [0.3, 0.4) is 0 Å². The number of unbranched alkanes of at least 4 members (excludes halogenated alkanes) is 6. The van der Waals surface area contributed by atoms with Crippen LogP contribution in [0.25, 0.3) is 10.2 Å². The number of hydrogen-bond donors (Lipinski definition) is 0. The SMILES string of the molecule is C=CC(=O)OCCCCCCOc1ccc(OC(=O)C2CCC(C(=O)Oc3ccc(OC(=O)C4CCC(C(=O)Oc5ccc(OCCCCCCOC(=O)C=C)cc5)CC4)c(/C=N/N(c4ccc(OC)cc4)c4nc5ccccc5s4)c3)CC2)cc1. The van der Waals surface area contributed by atoms with Gasteiger partial charge in [-0.25, -0.2) is 19.6 Å². The molecule has 6 aromatic rings. The average molecular weight is 1190 g/mol. The summed E-state index contributed by atoms with van der Waals surface area (Å²) in [5.74, 6) is -1.11. The molecular formula is C67H73N3O15S. The Morgan fingerprint density at radius 2 is 0.930 bits per heavy atom. The fourth-order valence-corrected chi connectivity index (χ4v) is 10.8. The van der Waals surface area contributed by atoms with Crippen LogP contribution in [0.2, 0.25) is 0 Å². The second kappa shape index (κ2) is 33.0. The van der Waals surface area contributed by atoms with E-state index in [0.717, 1.165) is 73.7 Å². The highest BCUT2D eigenvalue weighted by atomic mass is 32.1. The van der Waals surface area contributed by atoms with E-state index in [1.165, 1.54) is 17.6 Å². The third-order valence-electron chi connectivity index (χ3n) is 14.8. The summed E-state index contributed by atoms with van der Waals surface area (Å²) in [7, 11) is 1.59. The molecule has 8 rings (SSSR count). The van der Waals surface area contributed by atoms with Crippen LogP contribution in [-0.2, 0) is 38.2 Å². The van der Waals surface area contributed by atoms with Crippen LogP contribution < -0.4 is 38.2 Å². The van der Waals surface area contributed by atoms with Gasteiger partial charge in [0.2, 0.25) is 5.13 Å². The molecule has 5 aromatic carbocycles. The van der Waals surface area contributed by atoms with E-state index in [2.05, 4.69) is 13.2 Å². The van der Waals surface area contributed by atoms with Crippen molar-refractivity contribution < 1.29 is 71.4 Å². The fraction of sp³-hybridized carbons (Fsp3) is 0.373. The van der Waals surface area contributed by atoms with Crippen LogP contribution in [0.4, 0.5) is 10.8 Å². The highest BCUT2D eigenvalue weighted by molar-refractivity contribution is 7.22. The summed E-state index contributed by atoms with van der Waals surface area (Å²) >= 11 is 1.45. The number of rotatable bonds is 31. The van der Waals surface area contributed by atoms with Gasteiger partial charge < -0.3 is 42.6 Å². The number of thiazole rings is 1. The van der Waals surface area contributed by atoms with Crippen molar-refractivity contribution in [3.05, 3.63) is 146 Å². The lowest BCUT2D eigenvalue weighted by molar-refractivity contribution is -0.145. The predicted molar refractivity (Wildman–Crippen MR) is 325 cm³/mol. The first-order valence-electron chi connectivity index (χ1n) is 29.3. The number of esters is 6. The topological polar surface area (TPSA) is 214 Å². The number of hydrogen-bond acceptors (Lipinski definition) is 19. The largest absolute Gasteiger partial charge is 0.497 e. The first kappa shape index (κ1) is 63.2. The molecule has 18 nitrogen and oxygen atoms in total. The van der Waals surface area contributed by atoms with Gasteiger partial charge in [-0.2, -0.15) is 5.10 Å². The van der Waals surface area contributed by atoms with Crippen molar-refractivity contribution in [1.29, 1.82) is 0 Å². The van der Waals surface area contributed by atoms with Crippen LogP contribution in [0.1, 0.15) is 108 Å². The summed E-state index contributed by atoms with van der Waals surface area (Å²) in [4.78, 5) is 81.7. The van der Waals surface area contributed by atoms with Crippen LogP contribution in [-0.4, -0.2) is 80.6 Å². The smallest absolute Gasteiger partial charge is 0.330 e. The molecule has 1 heterocycles. The molecule has 0 aliphatic heterocycles. The van der Waals surface area contributed by atoms with E-state index < -0.39 is 47.5 Å². The Bertz CT molecular complexity index is 3220. The highest BCUT2D eigenvalue weighted by Gasteiger charge is 2.34. The summed E-state index contributed by atoms with van der Waals surface area (Å²) in [5, 5.41) is 7.16. The molecule has 0 saturated heterocycles. The monoisotopic (exact) mass is 1190 g/mol. The number of anilines is 2. The van der Waals surface area contributed by atoms with E-state index in [9.17, 15) is 28.8 Å². The standard InChI is InChI=1S/C67H73N3O15S/c1-4-61(71)80-42-14-8-6-12-40-78-53-30-34-55(35-31-53)82-63(73)46-18-20-48(21-19-46)65(75)84-57-38-39-59(50(44-57)45-68-70(51-26-28-52(77-3)29-27-51)67-69-58-16-10-11-17-60(58)86-67)85-66(76)49-24-22-47(23-25-49)64(74)83-56-36-32-54(33-37-56)79-41-13-7-9-15-43-81-62(72)5-2/h4-5,10-11,16-17,26-39,44-49H,1-2,6-9,12-15,18-25,40-43H2,3H3/b68-45+. The van der Waals surface area contributed by atoms with E-state index in [0.29, 0.717) is 123 Å². The van der Waals surface area contributed by atoms with Gasteiger partial charge in [0.25, 0.3) is 0 Å². The molecule has 2 aliphatic carbocycles.